The first kappa shape index (κ1) is 23.4. The largest absolute Gasteiger partial charge is 0.324 e. The van der Waals surface area contributed by atoms with Crippen LogP contribution in [0.2, 0.25) is 5.02 Å². The third-order valence-corrected chi connectivity index (χ3v) is 7.67. The number of halogens is 1. The molecule has 0 bridgehead atoms. The Bertz CT molecular complexity index is 1790. The van der Waals surface area contributed by atoms with Gasteiger partial charge < -0.3 is 11.1 Å². The molecule has 2 aliphatic carbocycles. The minimum atomic E-state index is -0.322. The van der Waals surface area contributed by atoms with E-state index in [1.807, 2.05) is 0 Å². The molecule has 1 atom stereocenters. The molecule has 37 heavy (non-hydrogen) atoms. The Labute approximate surface area is 219 Å². The van der Waals surface area contributed by atoms with E-state index in [4.69, 9.17) is 17.3 Å². The van der Waals surface area contributed by atoms with E-state index in [2.05, 4.69) is 47.8 Å². The Morgan fingerprint density at radius 3 is 2.35 bits per heavy atom. The lowest BCUT2D eigenvalue weighted by molar-refractivity contribution is 0.102. The maximum Gasteiger partial charge on any atom is 0.257 e. The standard InChI is InChI=1S/C32H25ClN2O2/c33-28-8-4-3-7-27(28)32(37)35-21-12-9-20(10-13-21)31(36)30-26-16-15-23-22-6-2-1-5-19(22)11-14-24(23)25(26)17-18-29(30)34/h1-13,15-16,29H,14,17-18,34H2,(H,35,37). The van der Waals surface area contributed by atoms with E-state index in [0.29, 0.717) is 27.4 Å². The van der Waals surface area contributed by atoms with E-state index < -0.39 is 0 Å². The first-order chi connectivity index (χ1) is 18.0. The average molecular weight is 505 g/mol. The molecule has 5 heteroatoms. The summed E-state index contributed by atoms with van der Waals surface area (Å²) in [5.41, 5.74) is 11.2. The van der Waals surface area contributed by atoms with Gasteiger partial charge in [-0.1, -0.05) is 66.2 Å². The van der Waals surface area contributed by atoms with E-state index in [1.54, 1.807) is 48.5 Å². The number of ketones is 1. The van der Waals surface area contributed by atoms with Crippen LogP contribution in [0.3, 0.4) is 0 Å². The second-order valence-corrected chi connectivity index (χ2v) is 9.92. The van der Waals surface area contributed by atoms with Gasteiger partial charge in [0.15, 0.2) is 5.78 Å². The SMILES string of the molecule is NC1CCc2c3c(ccc2=C1C(=O)c1ccc(NC(=O)c2ccccc2Cl)cc1)=c1ccccc1=CC3. The summed E-state index contributed by atoms with van der Waals surface area (Å²) < 4.78 is 0. The van der Waals surface area contributed by atoms with Crippen LogP contribution in [0.4, 0.5) is 5.69 Å². The maximum atomic E-state index is 13.7. The fourth-order valence-corrected chi connectivity index (χ4v) is 5.71. The number of anilines is 1. The smallest absolute Gasteiger partial charge is 0.257 e. The van der Waals surface area contributed by atoms with Gasteiger partial charge in [-0.2, -0.15) is 0 Å². The van der Waals surface area contributed by atoms with Crippen molar-refractivity contribution in [2.24, 2.45) is 5.73 Å². The molecule has 182 valence electrons. The highest BCUT2D eigenvalue weighted by Gasteiger charge is 2.26. The zero-order chi connectivity index (χ0) is 25.5. The molecule has 0 radical (unpaired) electrons. The lowest BCUT2D eigenvalue weighted by Crippen LogP contribution is -2.38. The van der Waals surface area contributed by atoms with Crippen molar-refractivity contribution in [3.05, 3.63) is 133 Å². The first-order valence-electron chi connectivity index (χ1n) is 12.4. The number of rotatable bonds is 4. The highest BCUT2D eigenvalue weighted by atomic mass is 35.5. The van der Waals surface area contributed by atoms with Crippen LogP contribution in [0.15, 0.2) is 84.9 Å². The molecule has 0 spiro atoms. The quantitative estimate of drug-likeness (QED) is 0.401. The number of hydrogen-bond acceptors (Lipinski definition) is 3. The van der Waals surface area contributed by atoms with Crippen LogP contribution in [0, 0.1) is 10.4 Å². The number of nitrogens with one attached hydrogen (secondary N) is 1. The van der Waals surface area contributed by atoms with Crippen LogP contribution in [0.5, 0.6) is 0 Å². The van der Waals surface area contributed by atoms with Crippen molar-refractivity contribution in [1.82, 2.24) is 0 Å². The van der Waals surface area contributed by atoms with Crippen LogP contribution < -0.4 is 21.5 Å². The monoisotopic (exact) mass is 504 g/mol. The first-order valence-corrected chi connectivity index (χ1v) is 12.8. The molecule has 6 rings (SSSR count). The Hall–Kier alpha value is -3.99. The number of hydrogen-bond donors (Lipinski definition) is 2. The third kappa shape index (κ3) is 4.18. The third-order valence-electron chi connectivity index (χ3n) is 7.34. The number of benzene rings is 4. The van der Waals surface area contributed by atoms with Crippen molar-refractivity contribution in [3.8, 4) is 0 Å². The molecule has 2 aliphatic rings. The Morgan fingerprint density at radius 2 is 1.54 bits per heavy atom. The molecule has 4 nitrogen and oxygen atoms in total. The zero-order valence-corrected chi connectivity index (χ0v) is 20.9. The van der Waals surface area contributed by atoms with Gasteiger partial charge >= 0.3 is 0 Å². The summed E-state index contributed by atoms with van der Waals surface area (Å²) in [4.78, 5) is 26.3. The van der Waals surface area contributed by atoms with Gasteiger partial charge in [-0.3, -0.25) is 9.59 Å². The topological polar surface area (TPSA) is 72.2 Å². The van der Waals surface area contributed by atoms with Gasteiger partial charge in [-0.05, 0) is 87.7 Å². The summed E-state index contributed by atoms with van der Waals surface area (Å²) in [6, 6.07) is 26.2. The molecule has 3 N–H and O–H groups in total. The van der Waals surface area contributed by atoms with Crippen molar-refractivity contribution in [2.75, 3.05) is 5.32 Å². The van der Waals surface area contributed by atoms with Crippen molar-refractivity contribution in [3.63, 3.8) is 0 Å². The van der Waals surface area contributed by atoms with E-state index in [0.717, 1.165) is 24.5 Å². The van der Waals surface area contributed by atoms with Crippen molar-refractivity contribution < 1.29 is 9.59 Å². The van der Waals surface area contributed by atoms with Gasteiger partial charge in [0.2, 0.25) is 0 Å². The molecule has 1 amide bonds. The summed E-state index contributed by atoms with van der Waals surface area (Å²) in [5.74, 6) is -0.372. The number of carbonyl (C=O) groups excluding carboxylic acids is 2. The second-order valence-electron chi connectivity index (χ2n) is 9.51. The number of fused-ring (bicyclic) bond motifs is 4. The molecular formula is C32H25ClN2O2. The van der Waals surface area contributed by atoms with Crippen LogP contribution in [-0.2, 0) is 12.8 Å². The maximum absolute atomic E-state index is 13.7. The van der Waals surface area contributed by atoms with Crippen molar-refractivity contribution >= 4 is 40.6 Å². The number of carbonyl (C=O) groups is 2. The predicted molar refractivity (Wildman–Crippen MR) is 148 cm³/mol. The zero-order valence-electron chi connectivity index (χ0n) is 20.1. The Morgan fingerprint density at radius 1 is 0.811 bits per heavy atom. The Kier molecular flexibility index (Phi) is 5.99. The van der Waals surface area contributed by atoms with Gasteiger partial charge in [0.25, 0.3) is 5.91 Å². The molecule has 0 fully saturated rings. The summed E-state index contributed by atoms with van der Waals surface area (Å²) in [6.07, 6.45) is 4.72. The van der Waals surface area contributed by atoms with Gasteiger partial charge in [0.05, 0.1) is 10.6 Å². The van der Waals surface area contributed by atoms with E-state index in [-0.39, 0.29) is 17.7 Å². The lowest BCUT2D eigenvalue weighted by Gasteiger charge is -2.24. The Balaban J connectivity index is 1.37. The molecular weight excluding hydrogens is 480 g/mol. The molecule has 0 heterocycles. The minimum absolute atomic E-state index is 0.0717. The highest BCUT2D eigenvalue weighted by molar-refractivity contribution is 6.34. The van der Waals surface area contributed by atoms with Crippen molar-refractivity contribution in [2.45, 2.75) is 25.3 Å². The molecule has 4 aromatic rings. The molecule has 0 saturated carbocycles. The number of nitrogens with two attached hydrogens (primary N) is 1. The van der Waals surface area contributed by atoms with Gasteiger partial charge in [0, 0.05) is 22.9 Å². The molecule has 0 aliphatic heterocycles. The summed E-state index contributed by atoms with van der Waals surface area (Å²) in [5, 5.41) is 7.93. The van der Waals surface area contributed by atoms with Crippen molar-refractivity contribution in [1.29, 1.82) is 0 Å². The molecule has 0 saturated heterocycles. The van der Waals surface area contributed by atoms with E-state index in [9.17, 15) is 9.59 Å². The summed E-state index contributed by atoms with van der Waals surface area (Å²) in [6.45, 7) is 0. The summed E-state index contributed by atoms with van der Waals surface area (Å²) >= 11 is 6.14. The van der Waals surface area contributed by atoms with Crippen LogP contribution in [0.1, 0.15) is 38.3 Å². The lowest BCUT2D eigenvalue weighted by atomic mass is 9.81. The fourth-order valence-electron chi connectivity index (χ4n) is 5.49. The molecule has 0 aromatic heterocycles. The van der Waals surface area contributed by atoms with E-state index >= 15 is 0 Å². The van der Waals surface area contributed by atoms with E-state index in [1.165, 1.54) is 26.8 Å². The predicted octanol–water partition coefficient (Wildman–Crippen LogP) is 4.52. The number of amides is 1. The van der Waals surface area contributed by atoms with Gasteiger partial charge in [0.1, 0.15) is 0 Å². The van der Waals surface area contributed by atoms with Crippen LogP contribution >= 0.6 is 11.6 Å². The molecule has 1 unspecified atom stereocenters. The van der Waals surface area contributed by atoms with Gasteiger partial charge in [-0.25, -0.2) is 0 Å². The molecule has 4 aromatic carbocycles. The number of Topliss-reactive ketones (excluding diaryl/α,β-unsaturated/α-hetero) is 1. The fraction of sp³-hybridized carbons (Fsp3) is 0.125. The summed E-state index contributed by atoms with van der Waals surface area (Å²) in [7, 11) is 0. The van der Waals surface area contributed by atoms with Crippen LogP contribution in [0.25, 0.3) is 11.6 Å². The normalized spacial score (nSPS) is 15.6. The van der Waals surface area contributed by atoms with Crippen LogP contribution in [-0.4, -0.2) is 17.7 Å². The van der Waals surface area contributed by atoms with Gasteiger partial charge in [-0.15, -0.1) is 0 Å². The average Bonchev–Trinajstić information content (AvgIpc) is 2.92. The highest BCUT2D eigenvalue weighted by Crippen LogP contribution is 2.24. The second kappa shape index (κ2) is 9.47. The minimum Gasteiger partial charge on any atom is -0.324 e.